The molecule has 2 rings (SSSR count). The lowest BCUT2D eigenvalue weighted by atomic mass is 9.76. The van der Waals surface area contributed by atoms with Gasteiger partial charge in [-0.2, -0.15) is 0 Å². The Hall–Kier alpha value is -4.85. The summed E-state index contributed by atoms with van der Waals surface area (Å²) in [6.45, 7) is 14.4. The number of aliphatic carboxylic acids is 1. The van der Waals surface area contributed by atoms with Crippen molar-refractivity contribution in [2.75, 3.05) is 27.2 Å². The molecule has 1 aromatic carbocycles. The highest BCUT2D eigenvalue weighted by molar-refractivity contribution is 6.12. The first-order valence-corrected chi connectivity index (χ1v) is 17.0. The Morgan fingerprint density at radius 2 is 1.47 bits per heavy atom. The molecule has 1 unspecified atom stereocenters. The van der Waals surface area contributed by atoms with Crippen molar-refractivity contribution in [3.05, 3.63) is 59.7 Å². The number of nitrogens with one attached hydrogen (secondary N) is 4. The minimum absolute atomic E-state index is 0.129. The molecule has 0 radical (unpaired) electrons. The quantitative estimate of drug-likeness (QED) is 0.118. The molecule has 0 saturated carbocycles. The summed E-state index contributed by atoms with van der Waals surface area (Å²) in [7, 11) is 3.29. The van der Waals surface area contributed by atoms with Crippen molar-refractivity contribution in [2.45, 2.75) is 91.4 Å². The molecule has 1 aliphatic heterocycles. The van der Waals surface area contributed by atoms with E-state index in [9.17, 15) is 38.7 Å². The molecule has 51 heavy (non-hydrogen) atoms. The number of hydrogen-bond acceptors (Lipinski definition) is 8. The molecule has 6 amide bonds. The van der Waals surface area contributed by atoms with E-state index in [0.29, 0.717) is 0 Å². The molecule has 0 spiro atoms. The number of nitrogens with zero attached hydrogens (tertiary/aromatic N) is 2. The number of hydrogen-bond donors (Lipinski definition) is 5. The number of rotatable bonds is 17. The van der Waals surface area contributed by atoms with E-state index in [1.54, 1.807) is 20.2 Å². The van der Waals surface area contributed by atoms with Gasteiger partial charge in [-0.1, -0.05) is 84.9 Å². The van der Waals surface area contributed by atoms with Crippen LogP contribution in [0.3, 0.4) is 0 Å². The van der Waals surface area contributed by atoms with E-state index < -0.39 is 71.0 Å². The molecule has 5 N–H and O–H groups in total. The molecular formula is C37H54N6O8. The second kappa shape index (κ2) is 17.9. The van der Waals surface area contributed by atoms with E-state index >= 15 is 0 Å². The molecule has 14 nitrogen and oxygen atoms in total. The van der Waals surface area contributed by atoms with Crippen molar-refractivity contribution in [3.63, 3.8) is 0 Å². The van der Waals surface area contributed by atoms with Crippen LogP contribution in [0.25, 0.3) is 0 Å². The molecule has 0 saturated heterocycles. The first kappa shape index (κ1) is 42.3. The molecule has 4 atom stereocenters. The molecule has 1 aromatic rings. The van der Waals surface area contributed by atoms with Crippen LogP contribution in [0.15, 0.2) is 54.1 Å². The molecule has 1 heterocycles. The number of carboxylic acids is 1. The summed E-state index contributed by atoms with van der Waals surface area (Å²) < 4.78 is 0. The van der Waals surface area contributed by atoms with E-state index in [0.717, 1.165) is 22.6 Å². The highest BCUT2D eigenvalue weighted by Gasteiger charge is 2.41. The first-order chi connectivity index (χ1) is 23.6. The van der Waals surface area contributed by atoms with Gasteiger partial charge in [-0.05, 0) is 30.9 Å². The number of carbonyl (C=O) groups is 7. The third-order valence-electron chi connectivity index (χ3n) is 8.98. The van der Waals surface area contributed by atoms with Gasteiger partial charge < -0.3 is 31.3 Å². The molecule has 0 aromatic heterocycles. The summed E-state index contributed by atoms with van der Waals surface area (Å²) in [6.07, 6.45) is 3.06. The second-order valence-electron chi connectivity index (χ2n) is 14.7. The molecule has 0 bridgehead atoms. The predicted octanol–water partition coefficient (Wildman–Crippen LogP) is 1.51. The third-order valence-corrected chi connectivity index (χ3v) is 8.98. The number of benzene rings is 1. The van der Waals surface area contributed by atoms with E-state index in [1.807, 2.05) is 78.8 Å². The van der Waals surface area contributed by atoms with Crippen LogP contribution in [0.2, 0.25) is 0 Å². The zero-order valence-electron chi connectivity index (χ0n) is 31.3. The second-order valence-corrected chi connectivity index (χ2v) is 14.7. The van der Waals surface area contributed by atoms with Crippen molar-refractivity contribution in [2.24, 2.45) is 11.3 Å². The average Bonchev–Trinajstić information content (AvgIpc) is 3.37. The fraction of sp³-hybridized carbons (Fsp3) is 0.541. The SMILES string of the molecule is CN[C@H](C(=O)N[C@H](C(=O)N(C)[C@H](/C=C(\C)C(=O)NC(CC(=O)O)C(=O)NCCN1C(=O)C=CC1=O)C(C)C)C(C)(C)C)C(C)(C)c1ccccc1. The van der Waals surface area contributed by atoms with Gasteiger partial charge in [-0.3, -0.25) is 38.5 Å². The number of amides is 6. The smallest absolute Gasteiger partial charge is 0.305 e. The van der Waals surface area contributed by atoms with Crippen LogP contribution in [0.1, 0.15) is 67.4 Å². The van der Waals surface area contributed by atoms with Gasteiger partial charge in [0.2, 0.25) is 23.6 Å². The standard InChI is InChI=1S/C37H54N6O8/c1-22(2)26(20-23(3)32(48)40-25(21-29(46)47)33(49)39-18-19-43-27(44)16-17-28(43)45)42(10)35(51)31(36(4,5)6)41-34(50)30(38-9)37(7,8)24-14-12-11-13-15-24/h11-17,20,22,25-26,30-31,38H,18-19,21H2,1-10H3,(H,39,49)(H,40,48)(H,41,50)(H,46,47)/b23-20+/t25?,26-,30-,31-/m1/s1. The lowest BCUT2D eigenvalue weighted by molar-refractivity contribution is -0.141. The van der Waals surface area contributed by atoms with Crippen LogP contribution >= 0.6 is 0 Å². The first-order valence-electron chi connectivity index (χ1n) is 17.0. The number of carboxylic acid groups (broad SMARTS) is 1. The van der Waals surface area contributed by atoms with Crippen LogP contribution in [0.5, 0.6) is 0 Å². The Balaban J connectivity index is 2.24. The Bertz CT molecular complexity index is 1510. The van der Waals surface area contributed by atoms with E-state index in [1.165, 1.54) is 11.8 Å². The van der Waals surface area contributed by atoms with Crippen molar-refractivity contribution >= 4 is 41.4 Å². The maximum Gasteiger partial charge on any atom is 0.305 e. The summed E-state index contributed by atoms with van der Waals surface area (Å²) in [5, 5.41) is 20.4. The maximum absolute atomic E-state index is 14.2. The fourth-order valence-corrected chi connectivity index (χ4v) is 5.88. The van der Waals surface area contributed by atoms with Gasteiger partial charge in [0.05, 0.1) is 18.5 Å². The van der Waals surface area contributed by atoms with Gasteiger partial charge in [-0.25, -0.2) is 0 Å². The largest absolute Gasteiger partial charge is 0.481 e. The van der Waals surface area contributed by atoms with E-state index in [4.69, 9.17) is 0 Å². The minimum atomic E-state index is -1.46. The lowest BCUT2D eigenvalue weighted by Crippen LogP contribution is -2.61. The molecule has 0 fully saturated rings. The normalized spacial score (nSPS) is 16.0. The monoisotopic (exact) mass is 710 g/mol. The Morgan fingerprint density at radius 1 is 0.902 bits per heavy atom. The average molecular weight is 711 g/mol. The molecular weight excluding hydrogens is 656 g/mol. The van der Waals surface area contributed by atoms with Crippen molar-refractivity contribution in [1.82, 2.24) is 31.1 Å². The zero-order valence-corrected chi connectivity index (χ0v) is 31.3. The van der Waals surface area contributed by atoms with Crippen molar-refractivity contribution in [3.8, 4) is 0 Å². The number of imide groups is 1. The molecule has 0 aliphatic carbocycles. The van der Waals surface area contributed by atoms with Gasteiger partial charge in [0.1, 0.15) is 12.1 Å². The van der Waals surface area contributed by atoms with Crippen molar-refractivity contribution in [1.29, 1.82) is 0 Å². The van der Waals surface area contributed by atoms with Crippen molar-refractivity contribution < 1.29 is 38.7 Å². The van der Waals surface area contributed by atoms with E-state index in [-0.39, 0.29) is 36.4 Å². The summed E-state index contributed by atoms with van der Waals surface area (Å²) in [5.74, 6) is -4.84. The Kier molecular flexibility index (Phi) is 14.8. The summed E-state index contributed by atoms with van der Waals surface area (Å²) in [6, 6.07) is 5.92. The zero-order chi connectivity index (χ0) is 38.8. The van der Waals surface area contributed by atoms with Crippen LogP contribution in [-0.4, -0.2) is 108 Å². The van der Waals surface area contributed by atoms with Gasteiger partial charge in [0.15, 0.2) is 0 Å². The molecule has 1 aliphatic rings. The maximum atomic E-state index is 14.2. The fourth-order valence-electron chi connectivity index (χ4n) is 5.88. The molecule has 280 valence electrons. The minimum Gasteiger partial charge on any atom is -0.481 e. The van der Waals surface area contributed by atoms with E-state index in [2.05, 4.69) is 21.3 Å². The summed E-state index contributed by atoms with van der Waals surface area (Å²) in [5.41, 5.74) is -0.238. The highest BCUT2D eigenvalue weighted by atomic mass is 16.4. The number of carbonyl (C=O) groups excluding carboxylic acids is 6. The number of likely N-dealkylation sites (N-methyl/N-ethyl adjacent to an activating group) is 2. The Morgan fingerprint density at radius 3 is 1.96 bits per heavy atom. The summed E-state index contributed by atoms with van der Waals surface area (Å²) >= 11 is 0. The summed E-state index contributed by atoms with van der Waals surface area (Å²) in [4.78, 5) is 91.6. The van der Waals surface area contributed by atoms with Gasteiger partial charge in [0.25, 0.3) is 11.8 Å². The van der Waals surface area contributed by atoms with Crippen LogP contribution in [-0.2, 0) is 39.0 Å². The topological polar surface area (TPSA) is 194 Å². The Labute approximate surface area is 300 Å². The van der Waals surface area contributed by atoms with Crippen LogP contribution < -0.4 is 21.3 Å². The van der Waals surface area contributed by atoms with Crippen LogP contribution in [0.4, 0.5) is 0 Å². The molecule has 14 heteroatoms. The van der Waals surface area contributed by atoms with Gasteiger partial charge in [0, 0.05) is 43.3 Å². The third kappa shape index (κ3) is 11.3. The van der Waals surface area contributed by atoms with Gasteiger partial charge in [-0.15, -0.1) is 0 Å². The predicted molar refractivity (Wildman–Crippen MR) is 192 cm³/mol. The highest BCUT2D eigenvalue weighted by Crippen LogP contribution is 2.29. The lowest BCUT2D eigenvalue weighted by Gasteiger charge is -2.40. The van der Waals surface area contributed by atoms with Gasteiger partial charge >= 0.3 is 5.97 Å². The van der Waals surface area contributed by atoms with Crippen LogP contribution in [0, 0.1) is 11.3 Å².